The minimum atomic E-state index is 0.233. The van der Waals surface area contributed by atoms with Crippen molar-refractivity contribution >= 4 is 7.41 Å². The number of rotatable bonds is 4. The van der Waals surface area contributed by atoms with Gasteiger partial charge in [0.1, 0.15) is 0 Å². The van der Waals surface area contributed by atoms with Crippen molar-refractivity contribution in [2.75, 3.05) is 7.05 Å². The molecule has 0 spiro atoms. The van der Waals surface area contributed by atoms with Crippen LogP contribution in [0.15, 0.2) is 0 Å². The molecule has 1 nitrogen and oxygen atoms in total. The second-order valence-corrected chi connectivity index (χ2v) is 4.67. The molecule has 12 heavy (non-hydrogen) atoms. The molecule has 0 saturated heterocycles. The SMILES string of the molecule is C[B]N(C)C(C)(C)C(C)(C)CC. The van der Waals surface area contributed by atoms with E-state index in [4.69, 9.17) is 0 Å². The lowest BCUT2D eigenvalue weighted by Crippen LogP contribution is -2.52. The first-order valence-electron chi connectivity index (χ1n) is 4.82. The fourth-order valence-electron chi connectivity index (χ4n) is 1.23. The van der Waals surface area contributed by atoms with Gasteiger partial charge in [0.15, 0.2) is 0 Å². The van der Waals surface area contributed by atoms with Gasteiger partial charge in [-0.25, -0.2) is 0 Å². The molecule has 0 rings (SSSR count). The van der Waals surface area contributed by atoms with Gasteiger partial charge in [-0.2, -0.15) is 0 Å². The van der Waals surface area contributed by atoms with Crippen LogP contribution in [0, 0.1) is 5.41 Å². The second kappa shape index (κ2) is 3.82. The van der Waals surface area contributed by atoms with Gasteiger partial charge in [-0.3, -0.25) is 0 Å². The van der Waals surface area contributed by atoms with E-state index in [1.165, 1.54) is 6.42 Å². The topological polar surface area (TPSA) is 3.24 Å². The maximum absolute atomic E-state index is 2.33. The van der Waals surface area contributed by atoms with E-state index in [-0.39, 0.29) is 5.54 Å². The Kier molecular flexibility index (Phi) is 3.83. The normalized spacial score (nSPS) is 13.7. The van der Waals surface area contributed by atoms with E-state index in [1.807, 2.05) is 0 Å². The van der Waals surface area contributed by atoms with E-state index in [9.17, 15) is 0 Å². The van der Waals surface area contributed by atoms with Crippen molar-refractivity contribution in [1.82, 2.24) is 4.81 Å². The minimum Gasteiger partial charge on any atom is -0.345 e. The molecule has 0 aromatic rings. The molecule has 71 valence electrons. The highest BCUT2D eigenvalue weighted by atomic mass is 15.1. The van der Waals surface area contributed by atoms with E-state index in [2.05, 4.69) is 60.7 Å². The Bertz CT molecular complexity index is 141. The van der Waals surface area contributed by atoms with Crippen LogP contribution in [-0.2, 0) is 0 Å². The first kappa shape index (κ1) is 12.0. The predicted octanol–water partition coefficient (Wildman–Crippen LogP) is 2.80. The van der Waals surface area contributed by atoms with Crippen LogP contribution in [-0.4, -0.2) is 24.8 Å². The molecule has 0 saturated carbocycles. The van der Waals surface area contributed by atoms with Gasteiger partial charge in [0, 0.05) is 5.54 Å². The number of hydrogen-bond donors (Lipinski definition) is 0. The Hall–Kier alpha value is 0.0249. The molecular weight excluding hydrogens is 145 g/mol. The number of hydrogen-bond acceptors (Lipinski definition) is 1. The summed E-state index contributed by atoms with van der Waals surface area (Å²) in [5, 5.41) is 0. The third kappa shape index (κ3) is 2.04. The molecule has 0 aromatic carbocycles. The summed E-state index contributed by atoms with van der Waals surface area (Å²) in [6.07, 6.45) is 1.21. The summed E-state index contributed by atoms with van der Waals surface area (Å²) in [5.74, 6) is 0. The predicted molar refractivity (Wildman–Crippen MR) is 57.5 cm³/mol. The first-order valence-corrected chi connectivity index (χ1v) is 4.82. The van der Waals surface area contributed by atoms with Gasteiger partial charge >= 0.3 is 0 Å². The van der Waals surface area contributed by atoms with Crippen molar-refractivity contribution in [3.63, 3.8) is 0 Å². The summed E-state index contributed by atoms with van der Waals surface area (Å²) < 4.78 is 0. The molecule has 0 amide bonds. The van der Waals surface area contributed by atoms with Crippen LogP contribution in [0.1, 0.15) is 41.0 Å². The van der Waals surface area contributed by atoms with E-state index < -0.39 is 0 Å². The van der Waals surface area contributed by atoms with Crippen LogP contribution in [0.5, 0.6) is 0 Å². The standard InChI is InChI=1S/C10H23BN/c1-8-9(2,3)10(4,5)12(7)11-6/h8H2,1-7H3. The van der Waals surface area contributed by atoms with Gasteiger partial charge in [-0.05, 0) is 32.7 Å². The zero-order valence-corrected chi connectivity index (χ0v) is 9.73. The highest BCUT2D eigenvalue weighted by molar-refractivity contribution is 6.30. The molecule has 0 aliphatic carbocycles. The molecule has 0 aliphatic rings. The fourth-order valence-corrected chi connectivity index (χ4v) is 1.23. The maximum Gasteiger partial charge on any atom is 0.205 e. The van der Waals surface area contributed by atoms with Gasteiger partial charge in [0.05, 0.1) is 0 Å². The lowest BCUT2D eigenvalue weighted by Gasteiger charge is -2.47. The van der Waals surface area contributed by atoms with Crippen molar-refractivity contribution in [3.8, 4) is 0 Å². The molecule has 0 unspecified atom stereocenters. The van der Waals surface area contributed by atoms with Crippen molar-refractivity contribution in [2.24, 2.45) is 5.41 Å². The molecule has 0 atom stereocenters. The first-order chi connectivity index (χ1) is 5.29. The van der Waals surface area contributed by atoms with Crippen LogP contribution in [0.3, 0.4) is 0 Å². The Balaban J connectivity index is 4.58. The average molecular weight is 168 g/mol. The van der Waals surface area contributed by atoms with Crippen LogP contribution in [0.25, 0.3) is 0 Å². The molecule has 0 heterocycles. The largest absolute Gasteiger partial charge is 0.345 e. The lowest BCUT2D eigenvalue weighted by molar-refractivity contribution is 0.0864. The third-order valence-electron chi connectivity index (χ3n) is 3.81. The molecule has 1 radical (unpaired) electrons. The summed E-state index contributed by atoms with van der Waals surface area (Å²) in [6.45, 7) is 13.6. The highest BCUT2D eigenvalue weighted by Crippen LogP contribution is 2.37. The summed E-state index contributed by atoms with van der Waals surface area (Å²) in [6, 6.07) is 0. The monoisotopic (exact) mass is 168 g/mol. The Morgan fingerprint density at radius 1 is 1.17 bits per heavy atom. The van der Waals surface area contributed by atoms with Gasteiger partial charge in [-0.15, -0.1) is 0 Å². The number of nitrogens with zero attached hydrogens (tertiary/aromatic N) is 1. The fraction of sp³-hybridized carbons (Fsp3) is 1.00. The zero-order valence-electron chi connectivity index (χ0n) is 9.73. The summed E-state index contributed by atoms with van der Waals surface area (Å²) >= 11 is 0. The summed E-state index contributed by atoms with van der Waals surface area (Å²) in [4.78, 5) is 2.30. The minimum absolute atomic E-state index is 0.233. The van der Waals surface area contributed by atoms with Crippen molar-refractivity contribution < 1.29 is 0 Å². The highest BCUT2D eigenvalue weighted by Gasteiger charge is 2.37. The maximum atomic E-state index is 2.33. The quantitative estimate of drug-likeness (QED) is 0.583. The third-order valence-corrected chi connectivity index (χ3v) is 3.81. The Morgan fingerprint density at radius 3 is 1.83 bits per heavy atom. The Labute approximate surface area is 78.8 Å². The lowest BCUT2D eigenvalue weighted by atomic mass is 9.68. The average Bonchev–Trinajstić information content (AvgIpc) is 2.02. The molecule has 0 fully saturated rings. The van der Waals surface area contributed by atoms with Crippen LogP contribution in [0.2, 0.25) is 6.82 Å². The second-order valence-electron chi connectivity index (χ2n) is 4.67. The van der Waals surface area contributed by atoms with Gasteiger partial charge in [0.2, 0.25) is 7.41 Å². The summed E-state index contributed by atoms with van der Waals surface area (Å²) in [7, 11) is 4.30. The van der Waals surface area contributed by atoms with Gasteiger partial charge in [0.25, 0.3) is 0 Å². The van der Waals surface area contributed by atoms with E-state index in [0.29, 0.717) is 5.41 Å². The van der Waals surface area contributed by atoms with Crippen LogP contribution in [0.4, 0.5) is 0 Å². The van der Waals surface area contributed by atoms with Crippen molar-refractivity contribution in [1.29, 1.82) is 0 Å². The van der Waals surface area contributed by atoms with Crippen molar-refractivity contribution in [3.05, 3.63) is 0 Å². The molecular formula is C10H23BN. The zero-order chi connectivity index (χ0) is 9.99. The smallest absolute Gasteiger partial charge is 0.205 e. The van der Waals surface area contributed by atoms with E-state index >= 15 is 0 Å². The Morgan fingerprint density at radius 2 is 1.58 bits per heavy atom. The van der Waals surface area contributed by atoms with Crippen molar-refractivity contribution in [2.45, 2.75) is 53.4 Å². The molecule has 0 aromatic heterocycles. The van der Waals surface area contributed by atoms with E-state index in [1.54, 1.807) is 0 Å². The molecule has 0 N–H and O–H groups in total. The van der Waals surface area contributed by atoms with E-state index in [0.717, 1.165) is 0 Å². The molecule has 0 aliphatic heterocycles. The van der Waals surface area contributed by atoms with Gasteiger partial charge in [-0.1, -0.05) is 27.6 Å². The molecule has 2 heteroatoms. The summed E-state index contributed by atoms with van der Waals surface area (Å²) in [5.41, 5.74) is 0.588. The van der Waals surface area contributed by atoms with Gasteiger partial charge < -0.3 is 4.81 Å². The van der Waals surface area contributed by atoms with Crippen LogP contribution < -0.4 is 0 Å². The molecule has 0 bridgehead atoms. The van der Waals surface area contributed by atoms with Crippen LogP contribution >= 0.6 is 0 Å².